The molecule has 4 nitrogen and oxygen atoms in total. The minimum absolute atomic E-state index is 0.0436. The quantitative estimate of drug-likeness (QED) is 0.355. The second-order valence-corrected chi connectivity index (χ2v) is 6.28. The number of rotatable bonds is 3. The fourth-order valence-electron chi connectivity index (χ4n) is 1.10. The molecule has 92 valence electrons. The smallest absolute Gasteiger partial charge is 0.258 e. The zero-order valence-corrected chi connectivity index (χ0v) is 11.2. The second kappa shape index (κ2) is 5.31. The molecule has 0 aliphatic carbocycles. The first-order chi connectivity index (χ1) is 7.79. The Labute approximate surface area is 105 Å². The number of hydrogen-bond acceptors (Lipinski definition) is 4. The Balaban J connectivity index is 2.92. The topological polar surface area (TPSA) is 55.5 Å². The normalized spacial score (nSPS) is 12.6. The number of benzene rings is 1. The third-order valence-electron chi connectivity index (χ3n) is 1.93. The molecule has 5 heteroatoms. The van der Waals surface area contributed by atoms with Crippen molar-refractivity contribution in [1.82, 2.24) is 0 Å². The Morgan fingerprint density at radius 3 is 2.59 bits per heavy atom. The lowest BCUT2D eigenvalue weighted by Gasteiger charge is -2.13. The van der Waals surface area contributed by atoms with Crippen molar-refractivity contribution < 1.29 is 4.92 Å². The lowest BCUT2D eigenvalue weighted by atomic mass is 10.1. The van der Waals surface area contributed by atoms with E-state index in [1.54, 1.807) is 12.1 Å². The number of hydrogen-bond donors (Lipinski definition) is 0. The summed E-state index contributed by atoms with van der Waals surface area (Å²) < 4.78 is 4.42. The van der Waals surface area contributed by atoms with Crippen molar-refractivity contribution >= 4 is 23.3 Å². The third-order valence-corrected chi connectivity index (χ3v) is 2.84. The molecular formula is C12H16N2O2S. The summed E-state index contributed by atoms with van der Waals surface area (Å²) in [7, 11) is 0. The van der Waals surface area contributed by atoms with E-state index in [1.165, 1.54) is 18.0 Å². The number of nitrogens with zero attached hydrogens (tertiary/aromatic N) is 2. The molecule has 0 amide bonds. The van der Waals surface area contributed by atoms with Gasteiger partial charge in [-0.25, -0.2) is 4.40 Å². The van der Waals surface area contributed by atoms with Crippen LogP contribution in [0, 0.1) is 10.1 Å². The Morgan fingerprint density at radius 1 is 1.41 bits per heavy atom. The SMILES string of the molecule is C/C(=N\SC(C)(C)C)c1cccc([N+](=O)[O-])c1. The maximum absolute atomic E-state index is 10.7. The van der Waals surface area contributed by atoms with E-state index in [2.05, 4.69) is 25.2 Å². The van der Waals surface area contributed by atoms with Crippen LogP contribution in [0.1, 0.15) is 33.3 Å². The van der Waals surface area contributed by atoms with Crippen LogP contribution in [-0.2, 0) is 0 Å². The molecule has 1 aromatic rings. The summed E-state index contributed by atoms with van der Waals surface area (Å²) in [6.45, 7) is 8.07. The number of non-ortho nitro benzene ring substituents is 1. The molecule has 0 spiro atoms. The van der Waals surface area contributed by atoms with Crippen LogP contribution in [0.25, 0.3) is 0 Å². The Hall–Kier alpha value is -1.36. The van der Waals surface area contributed by atoms with Gasteiger partial charge in [0.05, 0.1) is 10.6 Å². The van der Waals surface area contributed by atoms with Crippen LogP contribution in [0.2, 0.25) is 0 Å². The first-order valence-corrected chi connectivity index (χ1v) is 6.04. The van der Waals surface area contributed by atoms with E-state index in [0.717, 1.165) is 11.3 Å². The van der Waals surface area contributed by atoms with Gasteiger partial charge < -0.3 is 0 Å². The molecule has 0 N–H and O–H groups in total. The van der Waals surface area contributed by atoms with Crippen LogP contribution >= 0.6 is 11.9 Å². The van der Waals surface area contributed by atoms with Gasteiger partial charge in [-0.3, -0.25) is 10.1 Å². The predicted octanol–water partition coefficient (Wildman–Crippen LogP) is 3.85. The summed E-state index contributed by atoms with van der Waals surface area (Å²) in [6.07, 6.45) is 0. The molecular weight excluding hydrogens is 236 g/mol. The monoisotopic (exact) mass is 252 g/mol. The third kappa shape index (κ3) is 4.56. The van der Waals surface area contributed by atoms with Crippen LogP contribution < -0.4 is 0 Å². The highest BCUT2D eigenvalue weighted by Crippen LogP contribution is 2.25. The molecule has 0 bridgehead atoms. The molecule has 0 aliphatic heterocycles. The Morgan fingerprint density at radius 2 is 2.06 bits per heavy atom. The van der Waals surface area contributed by atoms with Gasteiger partial charge in [0.2, 0.25) is 0 Å². The van der Waals surface area contributed by atoms with E-state index >= 15 is 0 Å². The molecule has 0 saturated heterocycles. The van der Waals surface area contributed by atoms with E-state index in [-0.39, 0.29) is 10.4 Å². The fraction of sp³-hybridized carbons (Fsp3) is 0.417. The van der Waals surface area contributed by atoms with E-state index in [0.29, 0.717) is 0 Å². The van der Waals surface area contributed by atoms with E-state index in [9.17, 15) is 10.1 Å². The first kappa shape index (κ1) is 13.7. The lowest BCUT2D eigenvalue weighted by Crippen LogP contribution is -2.06. The molecule has 0 aromatic heterocycles. The maximum Gasteiger partial charge on any atom is 0.270 e. The van der Waals surface area contributed by atoms with Gasteiger partial charge in [0.15, 0.2) is 0 Å². The predicted molar refractivity (Wildman–Crippen MR) is 72.7 cm³/mol. The summed E-state index contributed by atoms with van der Waals surface area (Å²) in [4.78, 5) is 10.3. The van der Waals surface area contributed by atoms with Gasteiger partial charge >= 0.3 is 0 Å². The summed E-state index contributed by atoms with van der Waals surface area (Å²) in [5, 5.41) is 10.7. The minimum Gasteiger partial charge on any atom is -0.258 e. The molecule has 0 saturated carbocycles. The zero-order valence-electron chi connectivity index (χ0n) is 10.4. The summed E-state index contributed by atoms with van der Waals surface area (Å²) >= 11 is 1.47. The Kier molecular flexibility index (Phi) is 4.28. The molecule has 0 fully saturated rings. The van der Waals surface area contributed by atoms with Crippen molar-refractivity contribution in [3.05, 3.63) is 39.9 Å². The van der Waals surface area contributed by atoms with Crippen LogP contribution in [0.5, 0.6) is 0 Å². The van der Waals surface area contributed by atoms with Gasteiger partial charge in [-0.2, -0.15) is 0 Å². The van der Waals surface area contributed by atoms with Crippen LogP contribution in [-0.4, -0.2) is 15.4 Å². The van der Waals surface area contributed by atoms with Crippen molar-refractivity contribution in [1.29, 1.82) is 0 Å². The molecule has 0 atom stereocenters. The highest BCUT2D eigenvalue weighted by Gasteiger charge is 2.11. The fourth-order valence-corrected chi connectivity index (χ4v) is 1.62. The first-order valence-electron chi connectivity index (χ1n) is 5.27. The van der Waals surface area contributed by atoms with Crippen LogP contribution in [0.3, 0.4) is 0 Å². The minimum atomic E-state index is -0.395. The largest absolute Gasteiger partial charge is 0.270 e. The highest BCUT2D eigenvalue weighted by atomic mass is 32.2. The molecule has 0 unspecified atom stereocenters. The summed E-state index contributed by atoms with van der Waals surface area (Å²) in [5.41, 5.74) is 1.68. The molecule has 0 heterocycles. The lowest BCUT2D eigenvalue weighted by molar-refractivity contribution is -0.384. The molecule has 0 aliphatic rings. The van der Waals surface area contributed by atoms with E-state index < -0.39 is 4.92 Å². The average Bonchev–Trinajstić information content (AvgIpc) is 2.25. The van der Waals surface area contributed by atoms with Gasteiger partial charge in [-0.15, -0.1) is 0 Å². The number of nitro benzene ring substituents is 1. The maximum atomic E-state index is 10.7. The second-order valence-electron chi connectivity index (χ2n) is 4.69. The summed E-state index contributed by atoms with van der Waals surface area (Å²) in [5.74, 6) is 0. The van der Waals surface area contributed by atoms with Gasteiger partial charge in [0, 0.05) is 22.4 Å². The molecule has 17 heavy (non-hydrogen) atoms. The Bertz CT molecular complexity index is 450. The van der Waals surface area contributed by atoms with Gasteiger partial charge in [0.1, 0.15) is 0 Å². The van der Waals surface area contributed by atoms with E-state index in [4.69, 9.17) is 0 Å². The highest BCUT2D eigenvalue weighted by molar-refractivity contribution is 7.99. The van der Waals surface area contributed by atoms with Crippen molar-refractivity contribution in [2.75, 3.05) is 0 Å². The summed E-state index contributed by atoms with van der Waals surface area (Å²) in [6, 6.07) is 6.53. The van der Waals surface area contributed by atoms with Gasteiger partial charge in [-0.1, -0.05) is 12.1 Å². The van der Waals surface area contributed by atoms with Crippen molar-refractivity contribution in [2.24, 2.45) is 4.40 Å². The van der Waals surface area contributed by atoms with Crippen LogP contribution in [0.4, 0.5) is 5.69 Å². The number of nitro groups is 1. The zero-order chi connectivity index (χ0) is 13.1. The molecule has 1 aromatic carbocycles. The van der Waals surface area contributed by atoms with Gasteiger partial charge in [-0.05, 0) is 39.6 Å². The van der Waals surface area contributed by atoms with Crippen molar-refractivity contribution in [3.8, 4) is 0 Å². The standard InChI is InChI=1S/C12H16N2O2S/c1-9(13-17-12(2,3)4)10-6-5-7-11(8-10)14(15)16/h5-8H,1-4H3/b13-9+. The molecule has 1 rings (SSSR count). The van der Waals surface area contributed by atoms with Crippen molar-refractivity contribution in [3.63, 3.8) is 0 Å². The van der Waals surface area contributed by atoms with Gasteiger partial charge in [0.25, 0.3) is 5.69 Å². The molecule has 0 radical (unpaired) electrons. The average molecular weight is 252 g/mol. The van der Waals surface area contributed by atoms with Crippen molar-refractivity contribution in [2.45, 2.75) is 32.4 Å². The van der Waals surface area contributed by atoms with E-state index in [1.807, 2.05) is 13.0 Å². The van der Waals surface area contributed by atoms with Crippen LogP contribution in [0.15, 0.2) is 28.7 Å².